The van der Waals surface area contributed by atoms with E-state index in [2.05, 4.69) is 12.7 Å². The van der Waals surface area contributed by atoms with E-state index in [1.54, 1.807) is 13.1 Å². The predicted octanol–water partition coefficient (Wildman–Crippen LogP) is 3.02. The molecule has 0 unspecified atom stereocenters. The van der Waals surface area contributed by atoms with E-state index >= 15 is 0 Å². The van der Waals surface area contributed by atoms with E-state index in [-0.39, 0.29) is 0 Å². The van der Waals surface area contributed by atoms with E-state index < -0.39 is 0 Å². The third-order valence-corrected chi connectivity index (χ3v) is 2.43. The van der Waals surface area contributed by atoms with Crippen LogP contribution in [0.1, 0.15) is 33.1 Å². The summed E-state index contributed by atoms with van der Waals surface area (Å²) < 4.78 is 0. The molecule has 3 heteroatoms. The Hall–Kier alpha value is -1.51. The molecule has 0 aromatic carbocycles. The van der Waals surface area contributed by atoms with E-state index in [0.717, 1.165) is 25.0 Å². The van der Waals surface area contributed by atoms with Gasteiger partial charge >= 0.3 is 0 Å². The zero-order valence-corrected chi connectivity index (χ0v) is 10.6. The normalized spacial score (nSPS) is 12.4. The first-order valence-electron chi connectivity index (χ1n) is 5.55. The van der Waals surface area contributed by atoms with Crippen molar-refractivity contribution in [1.29, 1.82) is 5.41 Å². The van der Waals surface area contributed by atoms with E-state index in [1.807, 2.05) is 24.9 Å². The molecule has 0 aromatic heterocycles. The number of nitrogens with zero attached hydrogens (tertiary/aromatic N) is 1. The fourth-order valence-electron chi connectivity index (χ4n) is 1.38. The van der Waals surface area contributed by atoms with Crippen molar-refractivity contribution in [3.8, 4) is 0 Å². The summed E-state index contributed by atoms with van der Waals surface area (Å²) in [4.78, 5) is 1.89. The minimum atomic E-state index is 0.412. The molecular formula is C13H23N3. The zero-order chi connectivity index (χ0) is 12.6. The van der Waals surface area contributed by atoms with Crippen LogP contribution in [0.5, 0.6) is 0 Å². The molecular weight excluding hydrogens is 198 g/mol. The molecule has 0 saturated carbocycles. The molecule has 0 aromatic rings. The molecule has 0 aliphatic carbocycles. The lowest BCUT2D eigenvalue weighted by Crippen LogP contribution is -2.20. The molecule has 0 atom stereocenters. The highest BCUT2D eigenvalue weighted by Gasteiger charge is 2.08. The third kappa shape index (κ3) is 4.82. The molecule has 0 spiro atoms. The van der Waals surface area contributed by atoms with Gasteiger partial charge < -0.3 is 16.0 Å². The quantitative estimate of drug-likeness (QED) is 0.394. The minimum Gasteiger partial charge on any atom is -0.396 e. The summed E-state index contributed by atoms with van der Waals surface area (Å²) in [6.07, 6.45) is 8.85. The number of hydrogen-bond donors (Lipinski definition) is 2. The Morgan fingerprint density at radius 2 is 2.12 bits per heavy atom. The molecule has 0 rings (SSSR count). The average molecular weight is 221 g/mol. The van der Waals surface area contributed by atoms with Crippen LogP contribution in [0.15, 0.2) is 36.3 Å². The standard InChI is InChI=1S/C13H23N3/c1-5-7-8-9-10-12(16(4)6-2)13(15)11(3)14/h5-7,14H,2,8-10,15H2,1,3-4H3/b7-5+,13-12-,14-11?. The highest BCUT2D eigenvalue weighted by Crippen LogP contribution is 2.15. The maximum atomic E-state index is 7.56. The van der Waals surface area contributed by atoms with Crippen LogP contribution in [0.2, 0.25) is 0 Å². The second kappa shape index (κ2) is 7.74. The molecule has 0 aliphatic rings. The molecule has 0 heterocycles. The maximum absolute atomic E-state index is 7.56. The summed E-state index contributed by atoms with van der Waals surface area (Å²) in [5.74, 6) is 0. The molecule has 3 N–H and O–H groups in total. The summed E-state index contributed by atoms with van der Waals surface area (Å²) in [7, 11) is 1.91. The monoisotopic (exact) mass is 221 g/mol. The molecule has 0 bridgehead atoms. The molecule has 16 heavy (non-hydrogen) atoms. The van der Waals surface area contributed by atoms with Crippen molar-refractivity contribution in [3.63, 3.8) is 0 Å². The number of hydrogen-bond acceptors (Lipinski definition) is 3. The molecule has 0 aliphatic heterocycles. The lowest BCUT2D eigenvalue weighted by atomic mass is 10.1. The van der Waals surface area contributed by atoms with Gasteiger partial charge in [0.1, 0.15) is 0 Å². The fraction of sp³-hybridized carbons (Fsp3) is 0.462. The molecule has 0 radical (unpaired) electrons. The van der Waals surface area contributed by atoms with Gasteiger partial charge in [0.05, 0.1) is 11.4 Å². The molecule has 90 valence electrons. The number of unbranched alkanes of at least 4 members (excludes halogenated alkanes) is 1. The summed E-state index contributed by atoms with van der Waals surface area (Å²) >= 11 is 0. The summed E-state index contributed by atoms with van der Waals surface area (Å²) in [6, 6.07) is 0. The molecule has 0 amide bonds. The van der Waals surface area contributed by atoms with Crippen molar-refractivity contribution in [2.75, 3.05) is 7.05 Å². The van der Waals surface area contributed by atoms with Gasteiger partial charge in [0, 0.05) is 12.7 Å². The number of allylic oxidation sites excluding steroid dienone is 4. The Kier molecular flexibility index (Phi) is 7.01. The van der Waals surface area contributed by atoms with Crippen molar-refractivity contribution in [1.82, 2.24) is 4.90 Å². The van der Waals surface area contributed by atoms with Crippen LogP contribution in [0.25, 0.3) is 0 Å². The van der Waals surface area contributed by atoms with Gasteiger partial charge in [-0.2, -0.15) is 0 Å². The van der Waals surface area contributed by atoms with Crippen molar-refractivity contribution in [2.45, 2.75) is 33.1 Å². The first kappa shape index (κ1) is 14.5. The minimum absolute atomic E-state index is 0.412. The van der Waals surface area contributed by atoms with Crippen molar-refractivity contribution in [2.24, 2.45) is 5.73 Å². The largest absolute Gasteiger partial charge is 0.396 e. The Labute approximate surface area is 98.8 Å². The van der Waals surface area contributed by atoms with Crippen LogP contribution in [0.4, 0.5) is 0 Å². The fourth-order valence-corrected chi connectivity index (χ4v) is 1.38. The topological polar surface area (TPSA) is 53.1 Å². The highest BCUT2D eigenvalue weighted by atomic mass is 15.1. The van der Waals surface area contributed by atoms with Gasteiger partial charge in [0.25, 0.3) is 0 Å². The first-order valence-corrected chi connectivity index (χ1v) is 5.55. The van der Waals surface area contributed by atoms with Gasteiger partial charge in [-0.1, -0.05) is 18.7 Å². The van der Waals surface area contributed by atoms with Crippen LogP contribution >= 0.6 is 0 Å². The van der Waals surface area contributed by atoms with Crippen LogP contribution in [0.3, 0.4) is 0 Å². The van der Waals surface area contributed by atoms with Gasteiger partial charge in [-0.05, 0) is 39.3 Å². The smallest absolute Gasteiger partial charge is 0.0720 e. The Bertz CT molecular complexity index is 300. The van der Waals surface area contributed by atoms with E-state index in [0.29, 0.717) is 11.4 Å². The van der Waals surface area contributed by atoms with E-state index in [4.69, 9.17) is 11.1 Å². The molecule has 0 saturated heterocycles. The lowest BCUT2D eigenvalue weighted by Gasteiger charge is -2.20. The van der Waals surface area contributed by atoms with Gasteiger partial charge in [-0.3, -0.25) is 0 Å². The Morgan fingerprint density at radius 3 is 2.56 bits per heavy atom. The van der Waals surface area contributed by atoms with E-state index in [9.17, 15) is 0 Å². The second-order valence-electron chi connectivity index (χ2n) is 3.74. The van der Waals surface area contributed by atoms with Crippen LogP contribution in [-0.2, 0) is 0 Å². The zero-order valence-electron chi connectivity index (χ0n) is 10.6. The number of nitrogens with one attached hydrogen (secondary N) is 1. The first-order chi connectivity index (χ1) is 7.54. The average Bonchev–Trinajstić information content (AvgIpc) is 2.27. The molecule has 0 fully saturated rings. The third-order valence-electron chi connectivity index (χ3n) is 2.43. The number of nitrogens with two attached hydrogens (primary N) is 1. The predicted molar refractivity (Wildman–Crippen MR) is 71.2 cm³/mol. The van der Waals surface area contributed by atoms with E-state index in [1.165, 1.54) is 0 Å². The van der Waals surface area contributed by atoms with Gasteiger partial charge in [-0.25, -0.2) is 0 Å². The van der Waals surface area contributed by atoms with Gasteiger partial charge in [-0.15, -0.1) is 0 Å². The summed E-state index contributed by atoms with van der Waals surface area (Å²) in [5.41, 5.74) is 7.85. The van der Waals surface area contributed by atoms with Gasteiger partial charge in [0.15, 0.2) is 0 Å². The van der Waals surface area contributed by atoms with Crippen molar-refractivity contribution < 1.29 is 0 Å². The van der Waals surface area contributed by atoms with Crippen LogP contribution in [0, 0.1) is 5.41 Å². The maximum Gasteiger partial charge on any atom is 0.0720 e. The van der Waals surface area contributed by atoms with Crippen molar-refractivity contribution >= 4 is 5.71 Å². The highest BCUT2D eigenvalue weighted by molar-refractivity contribution is 5.95. The Balaban J connectivity index is 4.63. The number of rotatable bonds is 7. The Morgan fingerprint density at radius 1 is 1.50 bits per heavy atom. The van der Waals surface area contributed by atoms with Gasteiger partial charge in [0.2, 0.25) is 0 Å². The second-order valence-corrected chi connectivity index (χ2v) is 3.74. The van der Waals surface area contributed by atoms with Crippen LogP contribution in [-0.4, -0.2) is 17.7 Å². The SMILES string of the molecule is C=CN(C)/C(CCC/C=C/C)=C(\N)C(C)=N. The van der Waals surface area contributed by atoms with Crippen LogP contribution < -0.4 is 5.73 Å². The summed E-state index contributed by atoms with van der Waals surface area (Å²) in [5, 5.41) is 7.56. The van der Waals surface area contributed by atoms with Crippen molar-refractivity contribution in [3.05, 3.63) is 36.3 Å². The molecule has 3 nitrogen and oxygen atoms in total. The summed E-state index contributed by atoms with van der Waals surface area (Å²) in [6.45, 7) is 7.44. The lowest BCUT2D eigenvalue weighted by molar-refractivity contribution is 0.525.